The molecule has 1 aliphatic rings. The fourth-order valence-corrected chi connectivity index (χ4v) is 2.59. The second-order valence-corrected chi connectivity index (χ2v) is 5.66. The van der Waals surface area contributed by atoms with Gasteiger partial charge in [0.1, 0.15) is 0 Å². The summed E-state index contributed by atoms with van der Waals surface area (Å²) in [7, 11) is 0. The summed E-state index contributed by atoms with van der Waals surface area (Å²) in [6.45, 7) is 15.3. The van der Waals surface area contributed by atoms with Crippen molar-refractivity contribution in [2.45, 2.75) is 65.5 Å². The normalized spacial score (nSPS) is 27.9. The van der Waals surface area contributed by atoms with E-state index in [1.165, 1.54) is 32.4 Å². The fraction of sp³-hybridized carbons (Fsp3) is 1.00. The Morgan fingerprint density at radius 3 is 2.44 bits per heavy atom. The predicted octanol–water partition coefficient (Wildman–Crippen LogP) is 2.89. The summed E-state index contributed by atoms with van der Waals surface area (Å²) in [5.41, 5.74) is 0.375. The number of piperazine rings is 1. The molecular weight excluding hydrogens is 196 g/mol. The highest BCUT2D eigenvalue weighted by atomic mass is 15.2. The molecule has 1 saturated heterocycles. The first-order valence-corrected chi connectivity index (χ1v) is 7.06. The molecule has 0 aliphatic carbocycles. The highest BCUT2D eigenvalue weighted by Crippen LogP contribution is 2.23. The molecule has 1 heterocycles. The minimum absolute atomic E-state index is 0.375. The lowest BCUT2D eigenvalue weighted by Crippen LogP contribution is -2.63. The maximum Gasteiger partial charge on any atom is 0.0304 e. The van der Waals surface area contributed by atoms with Crippen molar-refractivity contribution in [3.8, 4) is 0 Å². The van der Waals surface area contributed by atoms with Gasteiger partial charge in [0.2, 0.25) is 0 Å². The molecule has 0 aromatic rings. The largest absolute Gasteiger partial charge is 0.308 e. The van der Waals surface area contributed by atoms with Crippen molar-refractivity contribution in [2.24, 2.45) is 5.92 Å². The zero-order valence-corrected chi connectivity index (χ0v) is 11.8. The topological polar surface area (TPSA) is 15.3 Å². The first-order valence-electron chi connectivity index (χ1n) is 7.06. The summed E-state index contributed by atoms with van der Waals surface area (Å²) in [6, 6.07) is 0.695. The van der Waals surface area contributed by atoms with Crippen LogP contribution in [0.5, 0.6) is 0 Å². The van der Waals surface area contributed by atoms with E-state index in [2.05, 4.69) is 44.8 Å². The zero-order chi connectivity index (χ0) is 12.2. The monoisotopic (exact) mass is 226 g/mol. The summed E-state index contributed by atoms with van der Waals surface area (Å²) in [5.74, 6) is 0.826. The van der Waals surface area contributed by atoms with E-state index in [9.17, 15) is 0 Å². The van der Waals surface area contributed by atoms with Gasteiger partial charge in [0.05, 0.1) is 0 Å². The van der Waals surface area contributed by atoms with Crippen LogP contribution in [0.4, 0.5) is 0 Å². The summed E-state index contributed by atoms with van der Waals surface area (Å²) < 4.78 is 0. The Balaban J connectivity index is 2.60. The van der Waals surface area contributed by atoms with Gasteiger partial charge in [-0.3, -0.25) is 4.90 Å². The Labute approximate surface area is 102 Å². The SMILES string of the molecule is CCC(C)CN1CC(CC)(CC)NCC1C. The van der Waals surface area contributed by atoms with E-state index in [-0.39, 0.29) is 0 Å². The number of rotatable bonds is 5. The van der Waals surface area contributed by atoms with Crippen molar-refractivity contribution >= 4 is 0 Å². The molecule has 0 bridgehead atoms. The van der Waals surface area contributed by atoms with Gasteiger partial charge < -0.3 is 5.32 Å². The molecule has 1 N–H and O–H groups in total. The number of hydrogen-bond acceptors (Lipinski definition) is 2. The molecule has 2 heteroatoms. The van der Waals surface area contributed by atoms with Gasteiger partial charge in [-0.05, 0) is 25.7 Å². The van der Waals surface area contributed by atoms with E-state index in [4.69, 9.17) is 0 Å². The van der Waals surface area contributed by atoms with Crippen LogP contribution < -0.4 is 5.32 Å². The average molecular weight is 226 g/mol. The molecule has 0 amide bonds. The first kappa shape index (κ1) is 14.0. The van der Waals surface area contributed by atoms with Crippen LogP contribution in [0.15, 0.2) is 0 Å². The van der Waals surface area contributed by atoms with Gasteiger partial charge in [-0.25, -0.2) is 0 Å². The van der Waals surface area contributed by atoms with Gasteiger partial charge in [0.15, 0.2) is 0 Å². The molecule has 1 aliphatic heterocycles. The van der Waals surface area contributed by atoms with Crippen LogP contribution in [0.2, 0.25) is 0 Å². The average Bonchev–Trinajstić information content (AvgIpc) is 2.32. The summed E-state index contributed by atoms with van der Waals surface area (Å²) in [4.78, 5) is 2.69. The lowest BCUT2D eigenvalue weighted by molar-refractivity contribution is 0.0686. The third-order valence-electron chi connectivity index (χ3n) is 4.50. The molecule has 1 rings (SSSR count). The first-order chi connectivity index (χ1) is 7.56. The third kappa shape index (κ3) is 3.21. The molecule has 2 unspecified atom stereocenters. The fourth-order valence-electron chi connectivity index (χ4n) is 2.59. The smallest absolute Gasteiger partial charge is 0.0304 e. The molecule has 0 aromatic heterocycles. The van der Waals surface area contributed by atoms with Gasteiger partial charge in [-0.15, -0.1) is 0 Å². The maximum absolute atomic E-state index is 3.76. The van der Waals surface area contributed by atoms with Crippen LogP contribution in [0.3, 0.4) is 0 Å². The van der Waals surface area contributed by atoms with Crippen molar-refractivity contribution in [3.05, 3.63) is 0 Å². The third-order valence-corrected chi connectivity index (χ3v) is 4.50. The van der Waals surface area contributed by atoms with Crippen LogP contribution in [0.1, 0.15) is 53.9 Å². The van der Waals surface area contributed by atoms with E-state index in [1.807, 2.05) is 0 Å². The minimum atomic E-state index is 0.375. The van der Waals surface area contributed by atoms with Crippen molar-refractivity contribution in [3.63, 3.8) is 0 Å². The Morgan fingerprint density at radius 2 is 1.94 bits per heavy atom. The highest BCUT2D eigenvalue weighted by molar-refractivity contribution is 4.95. The van der Waals surface area contributed by atoms with Crippen LogP contribution >= 0.6 is 0 Å². The van der Waals surface area contributed by atoms with Crippen LogP contribution in [0, 0.1) is 5.92 Å². The molecule has 1 fully saturated rings. The number of hydrogen-bond donors (Lipinski definition) is 1. The van der Waals surface area contributed by atoms with Crippen molar-refractivity contribution in [1.29, 1.82) is 0 Å². The Kier molecular flexibility index (Phi) is 5.26. The lowest BCUT2D eigenvalue weighted by atomic mass is 9.88. The summed E-state index contributed by atoms with van der Waals surface area (Å²) in [5, 5.41) is 3.76. The Morgan fingerprint density at radius 1 is 1.31 bits per heavy atom. The van der Waals surface area contributed by atoms with Gasteiger partial charge >= 0.3 is 0 Å². The lowest BCUT2D eigenvalue weighted by Gasteiger charge is -2.47. The van der Waals surface area contributed by atoms with Gasteiger partial charge in [-0.2, -0.15) is 0 Å². The molecule has 0 aromatic carbocycles. The molecule has 2 atom stereocenters. The summed E-state index contributed by atoms with van der Waals surface area (Å²) >= 11 is 0. The Hall–Kier alpha value is -0.0800. The second kappa shape index (κ2) is 6.02. The molecular formula is C14H30N2. The molecule has 0 radical (unpaired) electrons. The quantitative estimate of drug-likeness (QED) is 0.775. The van der Waals surface area contributed by atoms with Crippen molar-refractivity contribution < 1.29 is 0 Å². The predicted molar refractivity (Wildman–Crippen MR) is 71.8 cm³/mol. The van der Waals surface area contributed by atoms with E-state index in [1.54, 1.807) is 0 Å². The van der Waals surface area contributed by atoms with E-state index in [0.29, 0.717) is 11.6 Å². The molecule has 0 saturated carbocycles. The number of nitrogens with zero attached hydrogens (tertiary/aromatic N) is 1. The van der Waals surface area contributed by atoms with Gasteiger partial charge in [0, 0.05) is 31.2 Å². The van der Waals surface area contributed by atoms with Crippen molar-refractivity contribution in [2.75, 3.05) is 19.6 Å². The minimum Gasteiger partial charge on any atom is -0.308 e. The molecule has 96 valence electrons. The van der Waals surface area contributed by atoms with Crippen LogP contribution in [-0.4, -0.2) is 36.1 Å². The standard InChI is InChI=1S/C14H30N2/c1-6-12(4)10-16-11-14(7-2,8-3)15-9-13(16)5/h12-13,15H,6-11H2,1-5H3. The van der Waals surface area contributed by atoms with E-state index in [0.717, 1.165) is 12.5 Å². The summed E-state index contributed by atoms with van der Waals surface area (Å²) in [6.07, 6.45) is 3.78. The zero-order valence-electron chi connectivity index (χ0n) is 11.8. The van der Waals surface area contributed by atoms with Gasteiger partial charge in [-0.1, -0.05) is 34.1 Å². The van der Waals surface area contributed by atoms with Crippen LogP contribution in [0.25, 0.3) is 0 Å². The van der Waals surface area contributed by atoms with Crippen LogP contribution in [-0.2, 0) is 0 Å². The Bertz CT molecular complexity index is 199. The van der Waals surface area contributed by atoms with E-state index >= 15 is 0 Å². The highest BCUT2D eigenvalue weighted by Gasteiger charge is 2.35. The number of nitrogens with one attached hydrogen (secondary N) is 1. The second-order valence-electron chi connectivity index (χ2n) is 5.66. The maximum atomic E-state index is 3.76. The molecule has 0 spiro atoms. The molecule has 16 heavy (non-hydrogen) atoms. The van der Waals surface area contributed by atoms with Crippen molar-refractivity contribution in [1.82, 2.24) is 10.2 Å². The van der Waals surface area contributed by atoms with E-state index < -0.39 is 0 Å². The van der Waals surface area contributed by atoms with Gasteiger partial charge in [0.25, 0.3) is 0 Å². The molecule has 2 nitrogen and oxygen atoms in total.